The number of rotatable bonds is 7. The van der Waals surface area contributed by atoms with E-state index in [9.17, 15) is 13.2 Å². The van der Waals surface area contributed by atoms with Gasteiger partial charge in [0.2, 0.25) is 0 Å². The lowest BCUT2D eigenvalue weighted by atomic mass is 10.2. The summed E-state index contributed by atoms with van der Waals surface area (Å²) in [5.74, 6) is 0.410. The van der Waals surface area contributed by atoms with Crippen LogP contribution >= 0.6 is 0 Å². The molecule has 3 aromatic rings. The minimum atomic E-state index is -3.73. The predicted molar refractivity (Wildman–Crippen MR) is 108 cm³/mol. The summed E-state index contributed by atoms with van der Waals surface area (Å²) in [5.41, 5.74) is 1.90. The van der Waals surface area contributed by atoms with Crippen LogP contribution in [0.5, 0.6) is 0 Å². The van der Waals surface area contributed by atoms with Crippen LogP contribution in [0, 0.1) is 6.92 Å². The maximum absolute atomic E-state index is 12.5. The molecule has 1 fully saturated rings. The van der Waals surface area contributed by atoms with E-state index in [0.717, 1.165) is 18.4 Å². The van der Waals surface area contributed by atoms with Gasteiger partial charge in [-0.2, -0.15) is 0 Å². The second-order valence-corrected chi connectivity index (χ2v) is 8.75. The summed E-state index contributed by atoms with van der Waals surface area (Å²) in [6, 6.07) is 13.3. The minimum Gasteiger partial charge on any atom is -0.345 e. The molecule has 29 heavy (non-hydrogen) atoms. The quantitative estimate of drug-likeness (QED) is 0.622. The first kappa shape index (κ1) is 19.1. The third kappa shape index (κ3) is 4.45. The molecule has 1 amide bonds. The number of nitrogens with zero attached hydrogens (tertiary/aromatic N) is 3. The molecule has 9 heteroatoms. The van der Waals surface area contributed by atoms with Crippen LogP contribution in [0.2, 0.25) is 0 Å². The molecule has 0 unspecified atom stereocenters. The molecular weight excluding hydrogens is 390 g/mol. The van der Waals surface area contributed by atoms with Crippen molar-refractivity contribution in [3.8, 4) is 0 Å². The van der Waals surface area contributed by atoms with Gasteiger partial charge in [0.1, 0.15) is 6.33 Å². The highest BCUT2D eigenvalue weighted by molar-refractivity contribution is 7.92. The lowest BCUT2D eigenvalue weighted by Crippen LogP contribution is -2.24. The summed E-state index contributed by atoms with van der Waals surface area (Å²) in [6.45, 7) is 2.20. The third-order valence-corrected chi connectivity index (χ3v) is 6.12. The molecule has 0 aliphatic heterocycles. The van der Waals surface area contributed by atoms with Gasteiger partial charge < -0.3 is 9.88 Å². The van der Waals surface area contributed by atoms with Crippen molar-refractivity contribution in [2.24, 2.45) is 0 Å². The Hall–Kier alpha value is -3.20. The lowest BCUT2D eigenvalue weighted by Gasteiger charge is -2.10. The van der Waals surface area contributed by atoms with E-state index in [0.29, 0.717) is 23.1 Å². The molecule has 1 saturated carbocycles. The fraction of sp³-hybridized carbons (Fsp3) is 0.250. The van der Waals surface area contributed by atoms with Crippen molar-refractivity contribution < 1.29 is 13.2 Å². The summed E-state index contributed by atoms with van der Waals surface area (Å²) in [4.78, 5) is 12.5. The highest BCUT2D eigenvalue weighted by Gasteiger charge is 2.26. The van der Waals surface area contributed by atoms with Crippen molar-refractivity contribution in [3.63, 3.8) is 0 Å². The zero-order valence-corrected chi connectivity index (χ0v) is 16.7. The number of nitrogens with one attached hydrogen (secondary N) is 2. The molecule has 2 N–H and O–H groups in total. The van der Waals surface area contributed by atoms with E-state index < -0.39 is 10.0 Å². The summed E-state index contributed by atoms with van der Waals surface area (Å²) >= 11 is 0. The Morgan fingerprint density at radius 3 is 2.45 bits per heavy atom. The zero-order chi connectivity index (χ0) is 20.4. The molecule has 0 atom stereocenters. The van der Waals surface area contributed by atoms with E-state index >= 15 is 0 Å². The van der Waals surface area contributed by atoms with Crippen LogP contribution in [0.1, 0.15) is 40.6 Å². The molecule has 2 aromatic carbocycles. The molecule has 0 spiro atoms. The lowest BCUT2D eigenvalue weighted by molar-refractivity contribution is 0.0949. The van der Waals surface area contributed by atoms with Crippen LogP contribution in [0.3, 0.4) is 0 Å². The van der Waals surface area contributed by atoms with Crippen molar-refractivity contribution >= 4 is 21.6 Å². The Kier molecular flexibility index (Phi) is 5.06. The van der Waals surface area contributed by atoms with Gasteiger partial charge >= 0.3 is 0 Å². The van der Waals surface area contributed by atoms with Crippen molar-refractivity contribution in [2.45, 2.75) is 37.2 Å². The molecule has 1 aliphatic rings. The average molecular weight is 411 g/mol. The smallest absolute Gasteiger partial charge is 0.261 e. The topological polar surface area (TPSA) is 106 Å². The van der Waals surface area contributed by atoms with Crippen LogP contribution in [-0.4, -0.2) is 29.1 Å². The zero-order valence-electron chi connectivity index (χ0n) is 15.9. The maximum Gasteiger partial charge on any atom is 0.261 e. The van der Waals surface area contributed by atoms with E-state index in [4.69, 9.17) is 0 Å². The third-order valence-electron chi connectivity index (χ3n) is 4.73. The summed E-state index contributed by atoms with van der Waals surface area (Å²) in [6.07, 6.45) is 3.89. The van der Waals surface area contributed by atoms with Crippen LogP contribution in [0.4, 0.5) is 5.69 Å². The Balaban J connectivity index is 1.40. The number of aryl methyl sites for hydroxylation is 1. The van der Waals surface area contributed by atoms with Crippen molar-refractivity contribution in [3.05, 3.63) is 71.8 Å². The van der Waals surface area contributed by atoms with E-state index in [2.05, 4.69) is 20.2 Å². The predicted octanol–water partition coefficient (Wildman–Crippen LogP) is 2.65. The van der Waals surface area contributed by atoms with Crippen LogP contribution in [0.15, 0.2) is 59.8 Å². The molecule has 0 radical (unpaired) electrons. The highest BCUT2D eigenvalue weighted by atomic mass is 32.2. The fourth-order valence-electron chi connectivity index (χ4n) is 2.93. The highest BCUT2D eigenvalue weighted by Crippen LogP contribution is 2.35. The SMILES string of the molecule is Cc1ccc(NS(=O)(=O)c2ccc(C(=O)NCc3nncn3C3CC3)cc2)cc1. The molecule has 0 bridgehead atoms. The largest absolute Gasteiger partial charge is 0.345 e. The number of sulfonamides is 1. The van der Waals surface area contributed by atoms with Gasteiger partial charge in [-0.3, -0.25) is 9.52 Å². The molecular formula is C20H21N5O3S. The number of anilines is 1. The van der Waals surface area contributed by atoms with Crippen LogP contribution < -0.4 is 10.0 Å². The normalized spacial score (nSPS) is 13.8. The van der Waals surface area contributed by atoms with E-state index in [1.54, 1.807) is 18.5 Å². The number of hydrogen-bond donors (Lipinski definition) is 2. The van der Waals surface area contributed by atoms with E-state index in [1.807, 2.05) is 23.6 Å². The van der Waals surface area contributed by atoms with Gasteiger partial charge in [-0.25, -0.2) is 8.42 Å². The maximum atomic E-state index is 12.5. The Bertz CT molecular complexity index is 1120. The average Bonchev–Trinajstić information content (AvgIpc) is 3.45. The van der Waals surface area contributed by atoms with Crippen molar-refractivity contribution in [1.29, 1.82) is 0 Å². The molecule has 1 aliphatic carbocycles. The summed E-state index contributed by atoms with van der Waals surface area (Å²) < 4.78 is 29.6. The van der Waals surface area contributed by atoms with Gasteiger partial charge in [0.05, 0.1) is 11.4 Å². The second kappa shape index (κ2) is 7.67. The second-order valence-electron chi connectivity index (χ2n) is 7.06. The monoisotopic (exact) mass is 411 g/mol. The molecule has 1 aromatic heterocycles. The first-order valence-electron chi connectivity index (χ1n) is 9.28. The number of amides is 1. The van der Waals surface area contributed by atoms with Crippen molar-refractivity contribution in [2.75, 3.05) is 4.72 Å². The fourth-order valence-corrected chi connectivity index (χ4v) is 3.99. The molecule has 1 heterocycles. The van der Waals surface area contributed by atoms with Crippen LogP contribution in [-0.2, 0) is 16.6 Å². The standard InChI is InChI=1S/C20H21N5O3S/c1-14-2-6-16(7-3-14)24-29(27,28)18-10-4-15(5-11-18)20(26)21-12-19-23-22-13-25(19)17-8-9-17/h2-7,10-11,13,17,24H,8-9,12H2,1H3,(H,21,26). The first-order valence-corrected chi connectivity index (χ1v) is 10.8. The van der Waals surface area contributed by atoms with Gasteiger partial charge in [0.25, 0.3) is 15.9 Å². The molecule has 150 valence electrons. The molecule has 4 rings (SSSR count). The number of carbonyl (C=O) groups excluding carboxylic acids is 1. The number of carbonyl (C=O) groups is 1. The first-order chi connectivity index (χ1) is 13.9. The number of benzene rings is 2. The number of aromatic nitrogens is 3. The number of hydrogen-bond acceptors (Lipinski definition) is 5. The van der Waals surface area contributed by atoms with Gasteiger partial charge in [0.15, 0.2) is 5.82 Å². The van der Waals surface area contributed by atoms with Gasteiger partial charge in [0, 0.05) is 17.3 Å². The summed E-state index contributed by atoms with van der Waals surface area (Å²) in [5, 5.41) is 10.7. The van der Waals surface area contributed by atoms with E-state index in [-0.39, 0.29) is 17.3 Å². The van der Waals surface area contributed by atoms with E-state index in [1.165, 1.54) is 24.3 Å². The minimum absolute atomic E-state index is 0.0862. The Labute approximate surface area is 169 Å². The molecule has 0 saturated heterocycles. The van der Waals surface area contributed by atoms with Gasteiger partial charge in [-0.1, -0.05) is 17.7 Å². The Morgan fingerprint density at radius 1 is 1.10 bits per heavy atom. The van der Waals surface area contributed by atoms with Crippen LogP contribution in [0.25, 0.3) is 0 Å². The Morgan fingerprint density at radius 2 is 1.79 bits per heavy atom. The van der Waals surface area contributed by atoms with Gasteiger partial charge in [-0.15, -0.1) is 10.2 Å². The summed E-state index contributed by atoms with van der Waals surface area (Å²) in [7, 11) is -3.73. The van der Waals surface area contributed by atoms with Crippen molar-refractivity contribution in [1.82, 2.24) is 20.1 Å². The molecule has 8 nitrogen and oxygen atoms in total. The van der Waals surface area contributed by atoms with Gasteiger partial charge in [-0.05, 0) is 56.2 Å².